The minimum atomic E-state index is -1.28. The second-order valence-corrected chi connectivity index (χ2v) is 10.7. The van der Waals surface area contributed by atoms with Crippen LogP contribution in [0.2, 0.25) is 0 Å². The summed E-state index contributed by atoms with van der Waals surface area (Å²) in [5.41, 5.74) is 28.0. The van der Waals surface area contributed by atoms with Gasteiger partial charge in [0.05, 0.1) is 6.04 Å². The number of hydrogen-bond acceptors (Lipinski definition) is 9. The minimum absolute atomic E-state index is 0.0247. The Kier molecular flexibility index (Phi) is 16.9. The number of nitrogens with one attached hydrogen (secondary N) is 3. The van der Waals surface area contributed by atoms with Crippen LogP contribution in [0, 0.1) is 0 Å². The molecule has 0 spiro atoms. The molecule has 1 aromatic carbocycles. The number of amides is 3. The highest BCUT2D eigenvalue weighted by molar-refractivity contribution is 7.98. The lowest BCUT2D eigenvalue weighted by atomic mass is 10.0. The van der Waals surface area contributed by atoms with E-state index in [0.717, 1.165) is 0 Å². The van der Waals surface area contributed by atoms with Crippen molar-refractivity contribution in [2.45, 2.75) is 62.7 Å². The van der Waals surface area contributed by atoms with Crippen LogP contribution < -0.4 is 44.6 Å². The SMILES string of the molecule is CSCCC(N)C(=O)NC(Cc1ccc(O)cc1)C(=O)NC(CCCN=C(N)N)C(=O)NC(CCCN=C(N)N)C(=O)O. The maximum atomic E-state index is 13.5. The lowest BCUT2D eigenvalue weighted by Crippen LogP contribution is -2.57. The summed E-state index contributed by atoms with van der Waals surface area (Å²) in [5.74, 6) is -2.90. The van der Waals surface area contributed by atoms with E-state index < -0.39 is 47.9 Å². The highest BCUT2D eigenvalue weighted by Gasteiger charge is 2.30. The number of nitrogens with zero attached hydrogens (tertiary/aromatic N) is 2. The van der Waals surface area contributed by atoms with Crippen molar-refractivity contribution in [1.29, 1.82) is 0 Å². The number of nitrogens with two attached hydrogens (primary N) is 5. The fourth-order valence-corrected chi connectivity index (χ4v) is 4.30. The van der Waals surface area contributed by atoms with Gasteiger partial charge in [-0.25, -0.2) is 4.79 Å². The summed E-state index contributed by atoms with van der Waals surface area (Å²) in [5, 5.41) is 27.0. The van der Waals surface area contributed by atoms with Gasteiger partial charge in [-0.3, -0.25) is 24.4 Å². The van der Waals surface area contributed by atoms with Gasteiger partial charge in [-0.05, 0) is 61.8 Å². The predicted octanol–water partition coefficient (Wildman–Crippen LogP) is -2.34. The summed E-state index contributed by atoms with van der Waals surface area (Å²) in [4.78, 5) is 59.1. The molecule has 1 rings (SSSR count). The third-order valence-corrected chi connectivity index (χ3v) is 6.76. The lowest BCUT2D eigenvalue weighted by Gasteiger charge is -2.25. The van der Waals surface area contributed by atoms with Crippen molar-refractivity contribution in [2.24, 2.45) is 38.7 Å². The number of carbonyl (C=O) groups excluding carboxylic acids is 3. The Labute approximate surface area is 254 Å². The topological polar surface area (TPSA) is 300 Å². The van der Waals surface area contributed by atoms with Gasteiger partial charge < -0.3 is 54.8 Å². The molecule has 43 heavy (non-hydrogen) atoms. The number of carbonyl (C=O) groups is 4. The first-order chi connectivity index (χ1) is 20.3. The zero-order chi connectivity index (χ0) is 32.4. The number of hydrogen-bond donors (Lipinski definition) is 10. The third kappa shape index (κ3) is 15.5. The van der Waals surface area contributed by atoms with Crippen LogP contribution in [0.25, 0.3) is 0 Å². The number of aliphatic carboxylic acids is 1. The van der Waals surface area contributed by atoms with Crippen LogP contribution in [-0.2, 0) is 25.6 Å². The Morgan fingerprint density at radius 2 is 1.28 bits per heavy atom. The second-order valence-electron chi connectivity index (χ2n) is 9.68. The van der Waals surface area contributed by atoms with Gasteiger partial charge in [0.2, 0.25) is 17.7 Å². The van der Waals surface area contributed by atoms with Gasteiger partial charge in [0.1, 0.15) is 23.9 Å². The van der Waals surface area contributed by atoms with Crippen molar-refractivity contribution in [3.8, 4) is 5.75 Å². The fraction of sp³-hybridized carbons (Fsp3) is 0.538. The number of thioether (sulfide) groups is 1. The van der Waals surface area contributed by atoms with Gasteiger partial charge in [-0.1, -0.05) is 12.1 Å². The number of benzene rings is 1. The van der Waals surface area contributed by atoms with E-state index in [9.17, 15) is 29.4 Å². The number of guanidine groups is 2. The maximum Gasteiger partial charge on any atom is 0.326 e. The van der Waals surface area contributed by atoms with E-state index in [4.69, 9.17) is 28.7 Å². The smallest absolute Gasteiger partial charge is 0.326 e. The van der Waals surface area contributed by atoms with Gasteiger partial charge in [-0.2, -0.15) is 11.8 Å². The molecule has 0 aliphatic rings. The summed E-state index contributed by atoms with van der Waals surface area (Å²) in [6.45, 7) is 0.319. The fourth-order valence-electron chi connectivity index (χ4n) is 3.81. The molecule has 16 nitrogen and oxygen atoms in total. The van der Waals surface area contributed by atoms with E-state index in [1.807, 2.05) is 6.26 Å². The molecule has 0 aromatic heterocycles. The van der Waals surface area contributed by atoms with E-state index in [1.165, 1.54) is 23.9 Å². The standard InChI is InChI=1S/C26H44N10O6S/c1-43-13-10-17(27)21(38)36-20(14-15-6-8-16(37)9-7-15)23(40)34-18(4-2-11-32-25(28)29)22(39)35-19(24(41)42)5-3-12-33-26(30)31/h6-9,17-20,37H,2-5,10-14,27H2,1H3,(H,34,40)(H,35,39)(H,36,38)(H,41,42)(H4,28,29,32)(H4,30,31,33). The van der Waals surface area contributed by atoms with Crippen LogP contribution in [0.4, 0.5) is 0 Å². The molecule has 0 aliphatic heterocycles. The van der Waals surface area contributed by atoms with Crippen LogP contribution in [0.5, 0.6) is 5.75 Å². The summed E-state index contributed by atoms with van der Waals surface area (Å²) in [6, 6.07) is 1.59. The van der Waals surface area contributed by atoms with E-state index in [0.29, 0.717) is 17.7 Å². The van der Waals surface area contributed by atoms with Crippen molar-refractivity contribution in [2.75, 3.05) is 25.1 Å². The molecular weight excluding hydrogens is 580 g/mol. The summed E-state index contributed by atoms with van der Waals surface area (Å²) < 4.78 is 0. The zero-order valence-electron chi connectivity index (χ0n) is 24.2. The Bertz CT molecular complexity index is 1110. The number of carboxylic acids is 1. The Morgan fingerprint density at radius 1 is 0.791 bits per heavy atom. The van der Waals surface area contributed by atoms with Gasteiger partial charge in [0, 0.05) is 19.5 Å². The third-order valence-electron chi connectivity index (χ3n) is 6.12. The average Bonchev–Trinajstić information content (AvgIpc) is 2.94. The number of carboxylic acid groups (broad SMARTS) is 1. The van der Waals surface area contributed by atoms with Crippen molar-refractivity contribution in [3.05, 3.63) is 29.8 Å². The second kappa shape index (κ2) is 19.8. The molecule has 0 radical (unpaired) electrons. The first-order valence-corrected chi connectivity index (χ1v) is 15.0. The number of rotatable bonds is 20. The average molecular weight is 625 g/mol. The molecule has 0 heterocycles. The van der Waals surface area contributed by atoms with Crippen molar-refractivity contribution in [1.82, 2.24) is 16.0 Å². The largest absolute Gasteiger partial charge is 0.508 e. The summed E-state index contributed by atoms with van der Waals surface area (Å²) in [6.07, 6.45) is 2.92. The molecule has 0 fully saturated rings. The van der Waals surface area contributed by atoms with E-state index in [-0.39, 0.29) is 62.9 Å². The van der Waals surface area contributed by atoms with E-state index >= 15 is 0 Å². The van der Waals surface area contributed by atoms with Crippen molar-refractivity contribution < 1.29 is 29.4 Å². The number of phenols is 1. The molecule has 0 bridgehead atoms. The minimum Gasteiger partial charge on any atom is -0.508 e. The number of phenolic OH excluding ortho intramolecular Hbond substituents is 1. The first-order valence-electron chi connectivity index (χ1n) is 13.6. The van der Waals surface area contributed by atoms with Crippen LogP contribution in [0.1, 0.15) is 37.7 Å². The Morgan fingerprint density at radius 3 is 1.79 bits per heavy atom. The van der Waals surface area contributed by atoms with E-state index in [2.05, 4.69) is 25.9 Å². The molecule has 0 aliphatic carbocycles. The maximum absolute atomic E-state index is 13.5. The van der Waals surface area contributed by atoms with Gasteiger partial charge in [-0.15, -0.1) is 0 Å². The molecule has 15 N–H and O–H groups in total. The number of aliphatic imine (C=N–C) groups is 2. The molecule has 1 aromatic rings. The quantitative estimate of drug-likeness (QED) is 0.0415. The molecular formula is C26H44N10O6S. The Hall–Kier alpha value is -4.25. The van der Waals surface area contributed by atoms with Crippen LogP contribution in [0.15, 0.2) is 34.3 Å². The molecule has 4 unspecified atom stereocenters. The highest BCUT2D eigenvalue weighted by Crippen LogP contribution is 2.12. The zero-order valence-corrected chi connectivity index (χ0v) is 25.0. The monoisotopic (exact) mass is 624 g/mol. The molecule has 240 valence electrons. The first kappa shape index (κ1) is 36.8. The number of aromatic hydroxyl groups is 1. The molecule has 0 saturated heterocycles. The van der Waals surface area contributed by atoms with Gasteiger partial charge in [0.15, 0.2) is 11.9 Å². The molecule has 17 heteroatoms. The van der Waals surface area contributed by atoms with Crippen LogP contribution in [-0.4, -0.2) is 95.1 Å². The molecule has 4 atom stereocenters. The van der Waals surface area contributed by atoms with E-state index in [1.54, 1.807) is 12.1 Å². The Balaban J connectivity index is 3.16. The predicted molar refractivity (Wildman–Crippen MR) is 166 cm³/mol. The summed E-state index contributed by atoms with van der Waals surface area (Å²) in [7, 11) is 0. The summed E-state index contributed by atoms with van der Waals surface area (Å²) >= 11 is 1.52. The molecule has 0 saturated carbocycles. The molecule has 3 amide bonds. The van der Waals surface area contributed by atoms with Gasteiger partial charge >= 0.3 is 5.97 Å². The van der Waals surface area contributed by atoms with Crippen molar-refractivity contribution in [3.63, 3.8) is 0 Å². The lowest BCUT2D eigenvalue weighted by molar-refractivity contribution is -0.142. The van der Waals surface area contributed by atoms with Crippen molar-refractivity contribution >= 4 is 47.4 Å². The highest BCUT2D eigenvalue weighted by atomic mass is 32.2. The normalized spacial score (nSPS) is 13.4. The van der Waals surface area contributed by atoms with Gasteiger partial charge in [0.25, 0.3) is 0 Å². The van der Waals surface area contributed by atoms with Crippen LogP contribution in [0.3, 0.4) is 0 Å². The van der Waals surface area contributed by atoms with Crippen LogP contribution >= 0.6 is 11.8 Å².